The van der Waals surface area contributed by atoms with E-state index in [4.69, 9.17) is 0 Å². The maximum Gasteiger partial charge on any atom is 0.279 e. The van der Waals surface area contributed by atoms with Crippen molar-refractivity contribution in [1.29, 1.82) is 5.26 Å². The molecule has 1 aromatic rings. The van der Waals surface area contributed by atoms with Crippen LogP contribution in [0.4, 0.5) is 5.69 Å². The molecule has 3 N–H and O–H groups in total. The first-order valence-corrected chi connectivity index (χ1v) is 8.22. The Morgan fingerprint density at radius 2 is 1.83 bits per heavy atom. The Hall–Kier alpha value is -2.39. The second-order valence-corrected chi connectivity index (χ2v) is 6.86. The molecule has 2 rings (SSSR count). The van der Waals surface area contributed by atoms with Gasteiger partial charge < -0.3 is 15.5 Å². The molecule has 0 bridgehead atoms. The molecule has 1 fully saturated rings. The van der Waals surface area contributed by atoms with Crippen LogP contribution >= 0.6 is 0 Å². The molecule has 0 saturated heterocycles. The summed E-state index contributed by atoms with van der Waals surface area (Å²) in [6, 6.07) is 9.76. The summed E-state index contributed by atoms with van der Waals surface area (Å²) in [4.78, 5) is 24.9. The third-order valence-corrected chi connectivity index (χ3v) is 4.29. The molecular weight excluding hydrogens is 304 g/mol. The van der Waals surface area contributed by atoms with Crippen LogP contribution < -0.4 is 15.5 Å². The Labute approximate surface area is 142 Å². The van der Waals surface area contributed by atoms with Crippen LogP contribution in [-0.4, -0.2) is 37.5 Å². The van der Waals surface area contributed by atoms with E-state index in [2.05, 4.69) is 16.7 Å². The smallest absolute Gasteiger partial charge is 0.279 e. The molecule has 128 valence electrons. The number of anilines is 1. The summed E-state index contributed by atoms with van der Waals surface area (Å²) in [5, 5.41) is 14.9. The molecule has 0 spiro atoms. The maximum absolute atomic E-state index is 12.1. The minimum absolute atomic E-state index is 0.144. The highest BCUT2D eigenvalue weighted by atomic mass is 16.2. The van der Waals surface area contributed by atoms with Crippen molar-refractivity contribution in [2.75, 3.05) is 25.5 Å². The van der Waals surface area contributed by atoms with Crippen LogP contribution in [0.15, 0.2) is 24.3 Å². The minimum atomic E-state index is -0.790. The van der Waals surface area contributed by atoms with Gasteiger partial charge in [-0.1, -0.05) is 17.7 Å². The second-order valence-electron chi connectivity index (χ2n) is 6.86. The normalized spacial score (nSPS) is 17.2. The quantitative estimate of drug-likeness (QED) is 0.670. The Bertz CT molecular complexity index is 646. The van der Waals surface area contributed by atoms with Crippen LogP contribution in [0.1, 0.15) is 25.3 Å². The number of carbonyl (C=O) groups excluding carboxylic acids is 2. The average molecular weight is 329 g/mol. The van der Waals surface area contributed by atoms with E-state index >= 15 is 0 Å². The van der Waals surface area contributed by atoms with Gasteiger partial charge in [0.05, 0.1) is 13.1 Å². The first-order valence-electron chi connectivity index (χ1n) is 8.22. The summed E-state index contributed by atoms with van der Waals surface area (Å²) >= 11 is 0. The lowest BCUT2D eigenvalue weighted by Crippen LogP contribution is -3.11. The van der Waals surface area contributed by atoms with Crippen molar-refractivity contribution in [3.05, 3.63) is 29.8 Å². The van der Waals surface area contributed by atoms with E-state index in [1.165, 1.54) is 0 Å². The molecule has 1 saturated carbocycles. The maximum atomic E-state index is 12.1. The molecule has 1 aliphatic rings. The SMILES string of the molecule is Cc1ccc(NC(=O)C[NH+](C)CC(=O)N[C@@](C)(C#N)C2CC2)cc1. The molecular formula is C18H25N4O2+. The molecule has 2 amide bonds. The van der Waals surface area contributed by atoms with Gasteiger partial charge in [-0.2, -0.15) is 5.26 Å². The van der Waals surface area contributed by atoms with Crippen LogP contribution in [0, 0.1) is 24.2 Å². The summed E-state index contributed by atoms with van der Waals surface area (Å²) in [6.07, 6.45) is 1.96. The summed E-state index contributed by atoms with van der Waals surface area (Å²) in [6.45, 7) is 4.10. The van der Waals surface area contributed by atoms with Crippen molar-refractivity contribution < 1.29 is 14.5 Å². The van der Waals surface area contributed by atoms with Gasteiger partial charge in [-0.05, 0) is 44.7 Å². The topological polar surface area (TPSA) is 86.4 Å². The molecule has 2 atom stereocenters. The molecule has 0 aromatic heterocycles. The molecule has 6 nitrogen and oxygen atoms in total. The Morgan fingerprint density at radius 3 is 2.38 bits per heavy atom. The molecule has 0 aliphatic heterocycles. The Kier molecular flexibility index (Phi) is 5.58. The van der Waals surface area contributed by atoms with E-state index in [1.807, 2.05) is 31.2 Å². The standard InChI is InChI=1S/C18H24N4O2/c1-13-4-8-15(9-5-13)20-16(23)10-22(3)11-17(24)21-18(2,12-19)14-6-7-14/h4-5,8-9,14H,6-7,10-11H2,1-3H3,(H,20,23)(H,21,24)/p+1/t18-/m0/s1. The number of nitrogens with one attached hydrogen (secondary N) is 3. The molecule has 0 heterocycles. The van der Waals surface area contributed by atoms with Gasteiger partial charge >= 0.3 is 0 Å². The summed E-state index contributed by atoms with van der Waals surface area (Å²) in [5.41, 5.74) is 1.08. The van der Waals surface area contributed by atoms with Crippen molar-refractivity contribution in [3.8, 4) is 6.07 Å². The monoisotopic (exact) mass is 329 g/mol. The van der Waals surface area contributed by atoms with E-state index < -0.39 is 5.54 Å². The molecule has 0 radical (unpaired) electrons. The number of hydrogen-bond acceptors (Lipinski definition) is 3. The fourth-order valence-corrected chi connectivity index (χ4v) is 2.67. The van der Waals surface area contributed by atoms with E-state index in [-0.39, 0.29) is 30.8 Å². The van der Waals surface area contributed by atoms with Gasteiger partial charge in [-0.3, -0.25) is 9.59 Å². The lowest BCUT2D eigenvalue weighted by Gasteiger charge is -2.23. The number of aryl methyl sites for hydroxylation is 1. The minimum Gasteiger partial charge on any atom is -0.333 e. The molecule has 1 aromatic carbocycles. The van der Waals surface area contributed by atoms with Gasteiger partial charge in [0.25, 0.3) is 11.8 Å². The van der Waals surface area contributed by atoms with Crippen LogP contribution in [0.2, 0.25) is 0 Å². The number of nitrogens with zero attached hydrogens (tertiary/aromatic N) is 1. The summed E-state index contributed by atoms with van der Waals surface area (Å²) < 4.78 is 0. The number of nitriles is 1. The number of likely N-dealkylation sites (N-methyl/N-ethyl adjacent to an activating group) is 1. The highest BCUT2D eigenvalue weighted by Crippen LogP contribution is 2.39. The van der Waals surface area contributed by atoms with Crippen molar-refractivity contribution >= 4 is 17.5 Å². The van der Waals surface area contributed by atoms with E-state index in [9.17, 15) is 14.9 Å². The van der Waals surface area contributed by atoms with E-state index in [0.717, 1.165) is 29.0 Å². The third kappa shape index (κ3) is 5.07. The molecule has 1 unspecified atom stereocenters. The van der Waals surface area contributed by atoms with Gasteiger partial charge in [0.2, 0.25) is 0 Å². The zero-order valence-corrected chi connectivity index (χ0v) is 14.5. The fraction of sp³-hybridized carbons (Fsp3) is 0.500. The number of rotatable bonds is 7. The molecule has 24 heavy (non-hydrogen) atoms. The highest BCUT2D eigenvalue weighted by molar-refractivity contribution is 5.91. The first kappa shape index (κ1) is 18.0. The van der Waals surface area contributed by atoms with Crippen molar-refractivity contribution in [3.63, 3.8) is 0 Å². The molecule has 1 aliphatic carbocycles. The molecule has 6 heteroatoms. The first-order chi connectivity index (χ1) is 11.3. The number of carbonyl (C=O) groups is 2. The van der Waals surface area contributed by atoms with E-state index in [1.54, 1.807) is 14.0 Å². The average Bonchev–Trinajstić information content (AvgIpc) is 3.34. The van der Waals surface area contributed by atoms with E-state index in [0.29, 0.717) is 0 Å². The number of benzene rings is 1. The highest BCUT2D eigenvalue weighted by Gasteiger charge is 2.43. The van der Waals surface area contributed by atoms with Gasteiger partial charge in [-0.15, -0.1) is 0 Å². The van der Waals surface area contributed by atoms with Gasteiger partial charge in [0, 0.05) is 5.69 Å². The largest absolute Gasteiger partial charge is 0.333 e. The zero-order chi connectivity index (χ0) is 17.7. The van der Waals surface area contributed by atoms with Crippen LogP contribution in [0.5, 0.6) is 0 Å². The summed E-state index contributed by atoms with van der Waals surface area (Å²) in [5.74, 6) is -0.0995. The van der Waals surface area contributed by atoms with Crippen molar-refractivity contribution in [2.45, 2.75) is 32.2 Å². The second kappa shape index (κ2) is 7.45. The van der Waals surface area contributed by atoms with Crippen LogP contribution in [-0.2, 0) is 9.59 Å². The zero-order valence-electron chi connectivity index (χ0n) is 14.5. The Balaban J connectivity index is 1.78. The predicted octanol–water partition coefficient (Wildman–Crippen LogP) is 0.257. The lowest BCUT2D eigenvalue weighted by atomic mass is 9.98. The lowest BCUT2D eigenvalue weighted by molar-refractivity contribution is -0.862. The fourth-order valence-electron chi connectivity index (χ4n) is 2.67. The third-order valence-electron chi connectivity index (χ3n) is 4.29. The number of amides is 2. The Morgan fingerprint density at radius 1 is 1.25 bits per heavy atom. The van der Waals surface area contributed by atoms with Crippen molar-refractivity contribution in [2.24, 2.45) is 5.92 Å². The predicted molar refractivity (Wildman–Crippen MR) is 91.3 cm³/mol. The van der Waals surface area contributed by atoms with Gasteiger partial charge in [-0.25, -0.2) is 0 Å². The number of hydrogen-bond donors (Lipinski definition) is 3. The summed E-state index contributed by atoms with van der Waals surface area (Å²) in [7, 11) is 1.79. The van der Waals surface area contributed by atoms with Gasteiger partial charge in [0.15, 0.2) is 13.1 Å². The van der Waals surface area contributed by atoms with Crippen LogP contribution in [0.25, 0.3) is 0 Å². The van der Waals surface area contributed by atoms with Crippen LogP contribution in [0.3, 0.4) is 0 Å². The van der Waals surface area contributed by atoms with Gasteiger partial charge in [0.1, 0.15) is 5.54 Å². The number of quaternary nitrogens is 1. The van der Waals surface area contributed by atoms with Crippen molar-refractivity contribution in [1.82, 2.24) is 5.32 Å².